The predicted octanol–water partition coefficient (Wildman–Crippen LogP) is 1.76. The zero-order valence-corrected chi connectivity index (χ0v) is 24.3. The third-order valence-electron chi connectivity index (χ3n) is 4.93. The topological polar surface area (TPSA) is 0 Å². The molecule has 0 bridgehead atoms. The first-order valence-electron chi connectivity index (χ1n) is 9.87. The Balaban J connectivity index is 0.000000452. The fourth-order valence-corrected chi connectivity index (χ4v) is 3.29. The molecule has 0 aromatic heterocycles. The van der Waals surface area contributed by atoms with Crippen molar-refractivity contribution in [1.82, 2.24) is 0 Å². The molecule has 4 aromatic carbocycles. The van der Waals surface area contributed by atoms with Crippen molar-refractivity contribution in [2.45, 2.75) is 54.6 Å². The molecule has 160 valence electrons. The molecular weight excluding hydrogens is 503 g/mol. The van der Waals surface area contributed by atoms with Crippen molar-refractivity contribution in [1.29, 1.82) is 0 Å². The Labute approximate surface area is 210 Å². The molecule has 0 spiro atoms. The van der Waals surface area contributed by atoms with E-state index in [1.165, 1.54) is 54.9 Å². The number of benzene rings is 2. The van der Waals surface area contributed by atoms with E-state index in [0.717, 1.165) is 0 Å². The molecule has 0 fully saturated rings. The van der Waals surface area contributed by atoms with Gasteiger partial charge in [-0.3, -0.25) is 0 Å². The van der Waals surface area contributed by atoms with Crippen molar-refractivity contribution in [3.63, 3.8) is 0 Å². The van der Waals surface area contributed by atoms with Gasteiger partial charge in [0.2, 0.25) is 0 Å². The number of hydrogen-bond acceptors (Lipinski definition) is 0. The van der Waals surface area contributed by atoms with Crippen molar-refractivity contribution < 1.29 is 48.1 Å². The van der Waals surface area contributed by atoms with Gasteiger partial charge in [0.1, 0.15) is 0 Å². The minimum atomic E-state index is 0. The molecule has 0 aliphatic carbocycles. The maximum Gasteiger partial charge on any atom is -0.0411 e. The van der Waals surface area contributed by atoms with Crippen LogP contribution in [0, 0.1) is 41.5 Å². The van der Waals surface area contributed by atoms with Gasteiger partial charge in [-0.15, -0.1) is 69.1 Å². The molecule has 30 heavy (non-hydrogen) atoms. The van der Waals surface area contributed by atoms with Gasteiger partial charge < -0.3 is 24.8 Å². The number of hydrogen-bond donors (Lipinski definition) is 0. The van der Waals surface area contributed by atoms with E-state index in [1.807, 2.05) is 0 Å². The molecule has 4 aromatic rings. The molecule has 0 N–H and O–H groups in total. The van der Waals surface area contributed by atoms with Crippen LogP contribution < -0.4 is 24.8 Å². The molecule has 0 unspecified atom stereocenters. The van der Waals surface area contributed by atoms with Crippen LogP contribution in [0.1, 0.15) is 33.4 Å². The fourth-order valence-electron chi connectivity index (χ4n) is 3.29. The minimum Gasteiger partial charge on any atom is -1.00 e. The maximum atomic E-state index is 2.31. The summed E-state index contributed by atoms with van der Waals surface area (Å²) in [5.41, 5.74) is 8.45. The number of fused-ring (bicyclic) bond motifs is 2. The smallest absolute Gasteiger partial charge is 0.0411 e. The van der Waals surface area contributed by atoms with E-state index >= 15 is 0 Å². The first-order valence-corrected chi connectivity index (χ1v) is 16.1. The number of aryl methyl sites for hydroxylation is 6. The Kier molecular flexibility index (Phi) is 12.7. The summed E-state index contributed by atoms with van der Waals surface area (Å²) in [6.07, 6.45) is 0. The average molecular weight is 535 g/mol. The Bertz CT molecular complexity index is 953. The van der Waals surface area contributed by atoms with Crippen molar-refractivity contribution in [2.24, 2.45) is 0 Å². The summed E-state index contributed by atoms with van der Waals surface area (Å²) in [5, 5.41) is 5.48. The van der Waals surface area contributed by atoms with Crippen LogP contribution in [0.3, 0.4) is 0 Å². The molecule has 0 heterocycles. The first kappa shape index (κ1) is 29.3. The molecule has 0 saturated carbocycles. The second-order valence-electron chi connectivity index (χ2n) is 8.20. The van der Waals surface area contributed by atoms with Crippen LogP contribution in [0.25, 0.3) is 21.5 Å². The minimum absolute atomic E-state index is 0. The van der Waals surface area contributed by atoms with Gasteiger partial charge in [-0.2, -0.15) is 12.1 Å². The van der Waals surface area contributed by atoms with E-state index in [0.29, 0.717) is 0 Å². The van der Waals surface area contributed by atoms with Crippen LogP contribution in [-0.2, 0) is 23.3 Å². The van der Waals surface area contributed by atoms with Gasteiger partial charge >= 0.3 is 41.9 Å². The second-order valence-corrected chi connectivity index (χ2v) is 17.6. The third kappa shape index (κ3) is 8.46. The normalized spacial score (nSPS) is 9.67. The molecule has 0 radical (unpaired) electrons. The monoisotopic (exact) mass is 532 g/mol. The van der Waals surface area contributed by atoms with Crippen LogP contribution in [0.5, 0.6) is 0 Å². The molecule has 0 aliphatic rings. The summed E-state index contributed by atoms with van der Waals surface area (Å²) in [4.78, 5) is 0. The Hall–Kier alpha value is -0.660. The van der Waals surface area contributed by atoms with Gasteiger partial charge in [0.15, 0.2) is 0 Å². The molecule has 4 rings (SSSR count). The van der Waals surface area contributed by atoms with Crippen LogP contribution in [0.2, 0.25) is 13.1 Å². The van der Waals surface area contributed by atoms with Crippen molar-refractivity contribution in [3.05, 3.63) is 81.9 Å². The molecule has 0 atom stereocenters. The van der Waals surface area contributed by atoms with Crippen LogP contribution in [0.15, 0.2) is 48.5 Å². The molecular formula is C26H32Cl2SiZr-2. The van der Waals surface area contributed by atoms with Crippen LogP contribution in [-0.4, -0.2) is 5.43 Å². The molecule has 0 aliphatic heterocycles. The van der Waals surface area contributed by atoms with E-state index < -0.39 is 0 Å². The quantitative estimate of drug-likeness (QED) is 0.238. The number of rotatable bonds is 0. The summed E-state index contributed by atoms with van der Waals surface area (Å²) in [5.74, 6) is 0. The Morgan fingerprint density at radius 1 is 0.567 bits per heavy atom. The van der Waals surface area contributed by atoms with E-state index in [-0.39, 0.29) is 30.2 Å². The van der Waals surface area contributed by atoms with Crippen molar-refractivity contribution in [2.75, 3.05) is 0 Å². The Morgan fingerprint density at radius 3 is 1.13 bits per heavy atom. The van der Waals surface area contributed by atoms with E-state index in [2.05, 4.69) is 103 Å². The zero-order chi connectivity index (χ0) is 21.0. The van der Waals surface area contributed by atoms with E-state index in [1.54, 1.807) is 23.3 Å². The summed E-state index contributed by atoms with van der Waals surface area (Å²) >= 11 is 1.74. The van der Waals surface area contributed by atoms with Crippen molar-refractivity contribution in [3.8, 4) is 0 Å². The van der Waals surface area contributed by atoms with Gasteiger partial charge in [-0.25, -0.2) is 0 Å². The summed E-state index contributed by atoms with van der Waals surface area (Å²) in [7, 11) is 0. The van der Waals surface area contributed by atoms with Crippen LogP contribution in [0.4, 0.5) is 0 Å². The zero-order valence-electron chi connectivity index (χ0n) is 19.4. The standard InChI is InChI=1S/2C12H13.C2H6Si.2ClH.Zr/c2*1-8-4-11-6-9(2)10(3)7-12(11)5-8;1-3-2;;;/h2*4-7H,1-3H3;1-2H3;2*1H;/q2*-1;;;;+2/p-2. The van der Waals surface area contributed by atoms with Crippen LogP contribution >= 0.6 is 0 Å². The van der Waals surface area contributed by atoms with Gasteiger partial charge in [0.25, 0.3) is 0 Å². The molecule has 4 heteroatoms. The van der Waals surface area contributed by atoms with E-state index in [9.17, 15) is 0 Å². The SMILES string of the molecule is C[Si](C)=[Zr+2].Cc1cc2cc(C)c(C)cc2[cH-]1.Cc1cc2cc(C)c(C)cc2[cH-]1.[Cl-].[Cl-]. The summed E-state index contributed by atoms with van der Waals surface area (Å²) in [6, 6.07) is 18.0. The Morgan fingerprint density at radius 2 is 0.833 bits per heavy atom. The molecule has 0 saturated heterocycles. The second kappa shape index (κ2) is 13.0. The van der Waals surface area contributed by atoms with Gasteiger partial charge in [0, 0.05) is 0 Å². The number of halogens is 2. The van der Waals surface area contributed by atoms with E-state index in [4.69, 9.17) is 0 Å². The molecule has 0 nitrogen and oxygen atoms in total. The predicted molar refractivity (Wildman–Crippen MR) is 125 cm³/mol. The third-order valence-corrected chi connectivity index (χ3v) is 4.93. The summed E-state index contributed by atoms with van der Waals surface area (Å²) < 4.78 is 0. The van der Waals surface area contributed by atoms with Gasteiger partial charge in [-0.1, -0.05) is 36.1 Å². The van der Waals surface area contributed by atoms with Crippen molar-refractivity contribution >= 4 is 27.0 Å². The molecule has 0 amide bonds. The first-order chi connectivity index (χ1) is 13.1. The average Bonchev–Trinajstić information content (AvgIpc) is 3.09. The van der Waals surface area contributed by atoms with Gasteiger partial charge in [-0.05, 0) is 27.7 Å². The largest absolute Gasteiger partial charge is 1.00 e. The summed E-state index contributed by atoms with van der Waals surface area (Å²) in [6.45, 7) is 17.6. The maximum absolute atomic E-state index is 2.31. The van der Waals surface area contributed by atoms with Gasteiger partial charge in [0.05, 0.1) is 0 Å². The fraction of sp³-hybridized carbons (Fsp3) is 0.308.